The molecule has 16 heavy (non-hydrogen) atoms. The lowest BCUT2D eigenvalue weighted by Gasteiger charge is -2.05. The van der Waals surface area contributed by atoms with Crippen molar-refractivity contribution < 1.29 is 9.59 Å². The van der Waals surface area contributed by atoms with E-state index in [0.717, 1.165) is 13.0 Å². The Morgan fingerprint density at radius 2 is 1.50 bits per heavy atom. The average molecular weight is 229 g/mol. The van der Waals surface area contributed by atoms with E-state index >= 15 is 0 Å². The second kappa shape index (κ2) is 10.4. The molecule has 94 valence electrons. The average Bonchev–Trinajstić information content (AvgIpc) is 2.26. The van der Waals surface area contributed by atoms with Crippen LogP contribution in [-0.2, 0) is 9.59 Å². The molecule has 0 fully saturated rings. The number of carbonyl (C=O) groups is 2. The molecule has 0 aliphatic heterocycles. The molecule has 0 saturated heterocycles. The van der Waals surface area contributed by atoms with Crippen LogP contribution < -0.4 is 16.0 Å². The lowest BCUT2D eigenvalue weighted by Crippen LogP contribution is -2.30. The van der Waals surface area contributed by atoms with Crippen LogP contribution in [0.15, 0.2) is 0 Å². The zero-order valence-corrected chi connectivity index (χ0v) is 10.3. The van der Waals surface area contributed by atoms with Gasteiger partial charge < -0.3 is 16.0 Å². The van der Waals surface area contributed by atoms with E-state index in [-0.39, 0.29) is 11.8 Å². The molecule has 0 radical (unpaired) electrons. The van der Waals surface area contributed by atoms with Gasteiger partial charge in [-0.05, 0) is 19.9 Å². The molecule has 0 saturated carbocycles. The van der Waals surface area contributed by atoms with Gasteiger partial charge in [-0.15, -0.1) is 0 Å². The summed E-state index contributed by atoms with van der Waals surface area (Å²) in [6.45, 7) is 4.13. The third-order valence-corrected chi connectivity index (χ3v) is 2.08. The quantitative estimate of drug-likeness (QED) is 0.488. The Kier molecular flexibility index (Phi) is 9.70. The zero-order chi connectivity index (χ0) is 12.2. The molecule has 0 aromatic rings. The molecule has 0 atom stereocenters. The maximum absolute atomic E-state index is 11.2. The third kappa shape index (κ3) is 9.45. The van der Waals surface area contributed by atoms with Crippen LogP contribution in [0.4, 0.5) is 0 Å². The summed E-state index contributed by atoms with van der Waals surface area (Å²) in [5, 5.41) is 8.49. The van der Waals surface area contributed by atoms with Crippen molar-refractivity contribution >= 4 is 11.8 Å². The van der Waals surface area contributed by atoms with Gasteiger partial charge in [-0.3, -0.25) is 9.59 Å². The number of rotatable bonds is 9. The molecule has 0 heterocycles. The molecule has 0 aliphatic rings. The smallest absolute Gasteiger partial charge is 0.220 e. The van der Waals surface area contributed by atoms with Gasteiger partial charge in [0.2, 0.25) is 11.8 Å². The van der Waals surface area contributed by atoms with Crippen LogP contribution in [0.2, 0.25) is 0 Å². The predicted octanol–water partition coefficient (Wildman–Crippen LogP) is 0.0185. The topological polar surface area (TPSA) is 70.2 Å². The summed E-state index contributed by atoms with van der Waals surface area (Å²) in [4.78, 5) is 22.4. The summed E-state index contributed by atoms with van der Waals surface area (Å²) in [5.74, 6) is 0.0448. The second-order valence-corrected chi connectivity index (χ2v) is 3.66. The third-order valence-electron chi connectivity index (χ3n) is 2.08. The van der Waals surface area contributed by atoms with Crippen LogP contribution in [-0.4, -0.2) is 38.5 Å². The summed E-state index contributed by atoms with van der Waals surface area (Å²) in [6, 6.07) is 0. The van der Waals surface area contributed by atoms with Crippen molar-refractivity contribution in [2.75, 3.05) is 26.7 Å². The van der Waals surface area contributed by atoms with E-state index in [0.29, 0.717) is 32.4 Å². The molecule has 0 spiro atoms. The van der Waals surface area contributed by atoms with E-state index in [9.17, 15) is 9.59 Å². The maximum atomic E-state index is 11.2. The van der Waals surface area contributed by atoms with Crippen molar-refractivity contribution in [3.8, 4) is 0 Å². The normalized spacial score (nSPS) is 9.88. The Morgan fingerprint density at radius 1 is 0.938 bits per heavy atom. The molecule has 0 aromatic heterocycles. The van der Waals surface area contributed by atoms with E-state index in [4.69, 9.17) is 0 Å². The van der Waals surface area contributed by atoms with Gasteiger partial charge >= 0.3 is 0 Å². The van der Waals surface area contributed by atoms with E-state index < -0.39 is 0 Å². The number of likely N-dealkylation sites (N-methyl/N-ethyl adjacent to an activating group) is 1. The molecule has 3 N–H and O–H groups in total. The Balaban J connectivity index is 3.36. The van der Waals surface area contributed by atoms with Gasteiger partial charge in [-0.25, -0.2) is 0 Å². The largest absolute Gasteiger partial charge is 0.356 e. The van der Waals surface area contributed by atoms with Crippen LogP contribution in [0.1, 0.15) is 32.6 Å². The van der Waals surface area contributed by atoms with Crippen molar-refractivity contribution in [2.24, 2.45) is 0 Å². The van der Waals surface area contributed by atoms with Crippen molar-refractivity contribution in [3.05, 3.63) is 0 Å². The Morgan fingerprint density at radius 3 is 2.00 bits per heavy atom. The molecule has 2 amide bonds. The minimum Gasteiger partial charge on any atom is -0.356 e. The minimum atomic E-state index is 0.0125. The first-order valence-electron chi connectivity index (χ1n) is 5.88. The van der Waals surface area contributed by atoms with Gasteiger partial charge in [0.05, 0.1) is 0 Å². The minimum absolute atomic E-state index is 0.0125. The monoisotopic (exact) mass is 229 g/mol. The molecule has 0 rings (SSSR count). The summed E-state index contributed by atoms with van der Waals surface area (Å²) >= 11 is 0. The molecular weight excluding hydrogens is 206 g/mol. The molecular formula is C11H23N3O2. The van der Waals surface area contributed by atoms with Crippen molar-refractivity contribution in [2.45, 2.75) is 32.6 Å². The summed E-state index contributed by atoms with van der Waals surface area (Å²) in [5.41, 5.74) is 0. The van der Waals surface area contributed by atoms with E-state index in [1.165, 1.54) is 0 Å². The molecule has 5 nitrogen and oxygen atoms in total. The number of hydrogen-bond acceptors (Lipinski definition) is 3. The number of carbonyl (C=O) groups excluding carboxylic acids is 2. The Labute approximate surface area is 97.4 Å². The number of amides is 2. The molecule has 0 aromatic carbocycles. The first-order chi connectivity index (χ1) is 7.70. The first kappa shape index (κ1) is 14.9. The standard InChI is InChI=1S/C11H23N3O2/c1-3-7-13-10(15)5-4-6-11(16)14-9-8-12-2/h12H,3-9H2,1-2H3,(H,13,15)(H,14,16). The molecule has 0 unspecified atom stereocenters. The fourth-order valence-electron chi connectivity index (χ4n) is 1.18. The SMILES string of the molecule is CCCNC(=O)CCCC(=O)NCCNC. The van der Waals surface area contributed by atoms with E-state index in [1.54, 1.807) is 0 Å². The zero-order valence-electron chi connectivity index (χ0n) is 10.3. The lowest BCUT2D eigenvalue weighted by atomic mass is 10.2. The van der Waals surface area contributed by atoms with Gasteiger partial charge in [0.1, 0.15) is 0 Å². The van der Waals surface area contributed by atoms with Gasteiger partial charge in [-0.1, -0.05) is 6.92 Å². The van der Waals surface area contributed by atoms with Crippen molar-refractivity contribution in [1.82, 2.24) is 16.0 Å². The Bertz CT molecular complexity index is 207. The first-order valence-corrected chi connectivity index (χ1v) is 5.88. The molecule has 0 bridgehead atoms. The van der Waals surface area contributed by atoms with Gasteiger partial charge in [0, 0.05) is 32.5 Å². The van der Waals surface area contributed by atoms with Crippen LogP contribution in [0.5, 0.6) is 0 Å². The number of nitrogens with one attached hydrogen (secondary N) is 3. The highest BCUT2D eigenvalue weighted by molar-refractivity contribution is 5.78. The highest BCUT2D eigenvalue weighted by Crippen LogP contribution is 1.95. The van der Waals surface area contributed by atoms with E-state index in [2.05, 4.69) is 16.0 Å². The van der Waals surface area contributed by atoms with Crippen LogP contribution in [0.25, 0.3) is 0 Å². The van der Waals surface area contributed by atoms with Crippen LogP contribution in [0.3, 0.4) is 0 Å². The predicted molar refractivity (Wildman–Crippen MR) is 64.1 cm³/mol. The van der Waals surface area contributed by atoms with Gasteiger partial charge in [0.15, 0.2) is 0 Å². The highest BCUT2D eigenvalue weighted by atomic mass is 16.2. The van der Waals surface area contributed by atoms with Gasteiger partial charge in [-0.2, -0.15) is 0 Å². The number of hydrogen-bond donors (Lipinski definition) is 3. The Hall–Kier alpha value is -1.10. The lowest BCUT2D eigenvalue weighted by molar-refractivity contribution is -0.122. The van der Waals surface area contributed by atoms with Crippen molar-refractivity contribution in [3.63, 3.8) is 0 Å². The van der Waals surface area contributed by atoms with E-state index in [1.807, 2.05) is 14.0 Å². The van der Waals surface area contributed by atoms with Gasteiger partial charge in [0.25, 0.3) is 0 Å². The summed E-state index contributed by atoms with van der Waals surface area (Å²) < 4.78 is 0. The molecule has 0 aliphatic carbocycles. The highest BCUT2D eigenvalue weighted by Gasteiger charge is 2.03. The summed E-state index contributed by atoms with van der Waals surface area (Å²) in [6.07, 6.45) is 2.40. The fraction of sp³-hybridized carbons (Fsp3) is 0.818. The van der Waals surface area contributed by atoms with Crippen LogP contribution in [0, 0.1) is 0 Å². The summed E-state index contributed by atoms with van der Waals surface area (Å²) in [7, 11) is 1.84. The maximum Gasteiger partial charge on any atom is 0.220 e. The second-order valence-electron chi connectivity index (χ2n) is 3.66. The molecule has 5 heteroatoms. The fourth-order valence-corrected chi connectivity index (χ4v) is 1.18. The van der Waals surface area contributed by atoms with Crippen molar-refractivity contribution in [1.29, 1.82) is 0 Å². The van der Waals surface area contributed by atoms with Crippen LogP contribution >= 0.6 is 0 Å².